The first kappa shape index (κ1) is 22.8. The number of carbonyl (C=O) groups excluding carboxylic acids is 1. The number of sulfonamides is 1. The van der Waals surface area contributed by atoms with Gasteiger partial charge in [-0.2, -0.15) is 0 Å². The van der Waals surface area contributed by atoms with Crippen LogP contribution in [0.25, 0.3) is 0 Å². The van der Waals surface area contributed by atoms with Crippen LogP contribution in [0.1, 0.15) is 21.5 Å². The van der Waals surface area contributed by atoms with Crippen LogP contribution in [0.15, 0.2) is 71.6 Å². The van der Waals surface area contributed by atoms with Crippen molar-refractivity contribution in [2.75, 3.05) is 35.8 Å². The molecule has 1 saturated heterocycles. The van der Waals surface area contributed by atoms with Gasteiger partial charge in [0.1, 0.15) is 5.82 Å². The average Bonchev–Trinajstić information content (AvgIpc) is 2.81. The van der Waals surface area contributed by atoms with E-state index in [1.807, 2.05) is 4.90 Å². The molecule has 0 radical (unpaired) electrons. The van der Waals surface area contributed by atoms with Crippen LogP contribution >= 0.6 is 0 Å². The van der Waals surface area contributed by atoms with Crippen LogP contribution < -0.4 is 9.62 Å². The molecule has 1 aliphatic rings. The van der Waals surface area contributed by atoms with E-state index in [0.29, 0.717) is 24.3 Å². The zero-order valence-electron chi connectivity index (χ0n) is 18.6. The SMILES string of the molecule is Cc1cccc(N2CCN(C(=O)c3ccc(NS(=O)(=O)c4ccc(F)cc4)cc3)CC2)c1C. The number of nitrogens with one attached hydrogen (secondary N) is 1. The van der Waals surface area contributed by atoms with Gasteiger partial charge in [-0.15, -0.1) is 0 Å². The van der Waals surface area contributed by atoms with Crippen LogP contribution in [0.4, 0.5) is 15.8 Å². The molecule has 0 atom stereocenters. The van der Waals surface area contributed by atoms with E-state index in [9.17, 15) is 17.6 Å². The van der Waals surface area contributed by atoms with Gasteiger partial charge in [0.2, 0.25) is 0 Å². The number of nitrogens with zero attached hydrogens (tertiary/aromatic N) is 2. The Labute approximate surface area is 193 Å². The fourth-order valence-electron chi connectivity index (χ4n) is 3.92. The summed E-state index contributed by atoms with van der Waals surface area (Å²) in [5, 5.41) is 0. The first-order chi connectivity index (χ1) is 15.7. The molecule has 0 spiro atoms. The summed E-state index contributed by atoms with van der Waals surface area (Å²) in [5.41, 5.74) is 4.55. The molecule has 0 aliphatic carbocycles. The molecule has 1 heterocycles. The van der Waals surface area contributed by atoms with Crippen LogP contribution in [0.5, 0.6) is 0 Å². The number of piperazine rings is 1. The molecule has 0 aromatic heterocycles. The standard InChI is InChI=1S/C25H26FN3O3S/c1-18-4-3-5-24(19(18)2)28-14-16-29(17-15-28)25(30)20-6-10-22(11-7-20)27-33(31,32)23-12-8-21(26)9-13-23/h3-13,27H,14-17H2,1-2H3. The summed E-state index contributed by atoms with van der Waals surface area (Å²) in [4.78, 5) is 17.0. The Bertz CT molecular complexity index is 1250. The molecule has 172 valence electrons. The minimum absolute atomic E-state index is 0.0363. The van der Waals surface area contributed by atoms with Crippen LogP contribution in [-0.2, 0) is 10.0 Å². The smallest absolute Gasteiger partial charge is 0.261 e. The normalized spacial score (nSPS) is 14.3. The minimum Gasteiger partial charge on any atom is -0.368 e. The van der Waals surface area contributed by atoms with Crippen LogP contribution in [0.3, 0.4) is 0 Å². The van der Waals surface area contributed by atoms with E-state index in [-0.39, 0.29) is 10.8 Å². The fraction of sp³-hybridized carbons (Fsp3) is 0.240. The van der Waals surface area contributed by atoms with Crippen LogP contribution in [0.2, 0.25) is 0 Å². The number of halogens is 1. The van der Waals surface area contributed by atoms with Gasteiger partial charge in [-0.1, -0.05) is 12.1 Å². The molecular weight excluding hydrogens is 441 g/mol. The number of hydrogen-bond donors (Lipinski definition) is 1. The lowest BCUT2D eigenvalue weighted by Crippen LogP contribution is -2.49. The second-order valence-corrected chi connectivity index (χ2v) is 9.82. The lowest BCUT2D eigenvalue weighted by atomic mass is 10.1. The van der Waals surface area contributed by atoms with Crippen molar-refractivity contribution in [1.82, 2.24) is 4.90 Å². The third kappa shape index (κ3) is 5.01. The minimum atomic E-state index is -3.84. The predicted octanol–water partition coefficient (Wildman–Crippen LogP) is 4.21. The zero-order valence-corrected chi connectivity index (χ0v) is 19.4. The van der Waals surface area contributed by atoms with Gasteiger partial charge in [0.25, 0.3) is 15.9 Å². The van der Waals surface area contributed by atoms with Gasteiger partial charge in [-0.3, -0.25) is 9.52 Å². The average molecular weight is 468 g/mol. The molecule has 8 heteroatoms. The summed E-state index contributed by atoms with van der Waals surface area (Å²) in [7, 11) is -3.84. The lowest BCUT2D eigenvalue weighted by molar-refractivity contribution is 0.0747. The highest BCUT2D eigenvalue weighted by atomic mass is 32.2. The number of benzene rings is 3. The lowest BCUT2D eigenvalue weighted by Gasteiger charge is -2.37. The van der Waals surface area contributed by atoms with E-state index in [1.54, 1.807) is 24.3 Å². The predicted molar refractivity (Wildman–Crippen MR) is 128 cm³/mol. The Morgan fingerprint density at radius 2 is 1.52 bits per heavy atom. The number of aryl methyl sites for hydroxylation is 1. The van der Waals surface area contributed by atoms with Crippen molar-refractivity contribution in [3.8, 4) is 0 Å². The van der Waals surface area contributed by atoms with Gasteiger partial charge in [0.15, 0.2) is 0 Å². The summed E-state index contributed by atoms with van der Waals surface area (Å²) < 4.78 is 40.4. The second kappa shape index (κ2) is 9.23. The highest BCUT2D eigenvalue weighted by Crippen LogP contribution is 2.24. The van der Waals surface area contributed by atoms with Gasteiger partial charge < -0.3 is 9.80 Å². The van der Waals surface area contributed by atoms with Crippen LogP contribution in [-0.4, -0.2) is 45.4 Å². The first-order valence-corrected chi connectivity index (χ1v) is 12.2. The molecule has 1 aliphatic heterocycles. The van der Waals surface area contributed by atoms with Crippen molar-refractivity contribution in [2.45, 2.75) is 18.7 Å². The summed E-state index contributed by atoms with van der Waals surface area (Å²) in [6, 6.07) is 17.2. The van der Waals surface area contributed by atoms with E-state index in [1.165, 1.54) is 28.9 Å². The van der Waals surface area contributed by atoms with Crippen LogP contribution in [0, 0.1) is 19.7 Å². The Balaban J connectivity index is 1.39. The second-order valence-electron chi connectivity index (χ2n) is 8.14. The highest BCUT2D eigenvalue weighted by molar-refractivity contribution is 7.92. The van der Waals surface area contributed by atoms with Crippen molar-refractivity contribution >= 4 is 27.3 Å². The van der Waals surface area contributed by atoms with Gasteiger partial charge in [0.05, 0.1) is 4.90 Å². The maximum absolute atomic E-state index is 13.1. The topological polar surface area (TPSA) is 69.7 Å². The summed E-state index contributed by atoms with van der Waals surface area (Å²) in [5.74, 6) is -0.588. The molecule has 1 amide bonds. The summed E-state index contributed by atoms with van der Waals surface area (Å²) in [6.07, 6.45) is 0. The molecule has 0 saturated carbocycles. The maximum atomic E-state index is 13.1. The number of rotatable bonds is 5. The maximum Gasteiger partial charge on any atom is 0.261 e. The quantitative estimate of drug-likeness (QED) is 0.611. The Morgan fingerprint density at radius 1 is 0.879 bits per heavy atom. The van der Waals surface area contributed by atoms with Gasteiger partial charge in [-0.05, 0) is 79.6 Å². The Morgan fingerprint density at radius 3 is 2.15 bits per heavy atom. The van der Waals surface area contributed by atoms with E-state index >= 15 is 0 Å². The summed E-state index contributed by atoms with van der Waals surface area (Å²) in [6.45, 7) is 6.96. The van der Waals surface area contributed by atoms with Crippen molar-refractivity contribution in [3.05, 3.63) is 89.2 Å². The molecule has 0 bridgehead atoms. The van der Waals surface area contributed by atoms with Gasteiger partial charge in [-0.25, -0.2) is 12.8 Å². The van der Waals surface area contributed by atoms with Crippen molar-refractivity contribution in [3.63, 3.8) is 0 Å². The van der Waals surface area contributed by atoms with Crippen molar-refractivity contribution < 1.29 is 17.6 Å². The third-order valence-electron chi connectivity index (χ3n) is 5.99. The number of amides is 1. The molecule has 33 heavy (non-hydrogen) atoms. The van der Waals surface area contributed by atoms with Gasteiger partial charge in [0, 0.05) is 43.1 Å². The molecule has 4 rings (SSSR count). The Kier molecular flexibility index (Phi) is 6.37. The van der Waals surface area contributed by atoms with E-state index in [2.05, 4.69) is 41.7 Å². The number of hydrogen-bond acceptors (Lipinski definition) is 4. The molecule has 0 unspecified atom stereocenters. The number of anilines is 2. The summed E-state index contributed by atoms with van der Waals surface area (Å²) >= 11 is 0. The molecule has 1 fully saturated rings. The number of carbonyl (C=O) groups is 1. The van der Waals surface area contributed by atoms with Crippen molar-refractivity contribution in [1.29, 1.82) is 0 Å². The fourth-order valence-corrected chi connectivity index (χ4v) is 4.98. The highest BCUT2D eigenvalue weighted by Gasteiger charge is 2.23. The van der Waals surface area contributed by atoms with E-state index in [4.69, 9.17) is 0 Å². The molecular formula is C25H26FN3O3S. The molecule has 3 aromatic rings. The first-order valence-electron chi connectivity index (χ1n) is 10.7. The molecule has 1 N–H and O–H groups in total. The third-order valence-corrected chi connectivity index (χ3v) is 7.39. The zero-order chi connectivity index (χ0) is 23.6. The molecule has 3 aromatic carbocycles. The van der Waals surface area contributed by atoms with E-state index in [0.717, 1.165) is 25.2 Å². The Hall–Kier alpha value is -3.39. The van der Waals surface area contributed by atoms with Gasteiger partial charge >= 0.3 is 0 Å². The largest absolute Gasteiger partial charge is 0.368 e. The monoisotopic (exact) mass is 467 g/mol. The van der Waals surface area contributed by atoms with Crippen molar-refractivity contribution in [2.24, 2.45) is 0 Å². The molecule has 6 nitrogen and oxygen atoms in total. The van der Waals surface area contributed by atoms with E-state index < -0.39 is 15.8 Å².